The van der Waals surface area contributed by atoms with Gasteiger partial charge in [-0.3, -0.25) is 9.78 Å². The average molecular weight is 369 g/mol. The van der Waals surface area contributed by atoms with Crippen molar-refractivity contribution in [2.24, 2.45) is 5.10 Å². The molecule has 2 aromatic rings. The van der Waals surface area contributed by atoms with E-state index in [1.54, 1.807) is 24.3 Å². The Morgan fingerprint density at radius 3 is 2.41 bits per heavy atom. The van der Waals surface area contributed by atoms with E-state index in [9.17, 15) is 9.18 Å². The zero-order chi connectivity index (χ0) is 19.7. The summed E-state index contributed by atoms with van der Waals surface area (Å²) in [6.45, 7) is 7.63. The van der Waals surface area contributed by atoms with Crippen molar-refractivity contribution >= 4 is 24.7 Å². The van der Waals surface area contributed by atoms with Gasteiger partial charge in [-0.1, -0.05) is 12.1 Å². The Kier molecular flexibility index (Phi) is 5.12. The fourth-order valence-corrected chi connectivity index (χ4v) is 2.53. The molecule has 0 spiro atoms. The minimum absolute atomic E-state index is 0.290. The molecule has 1 aliphatic heterocycles. The lowest BCUT2D eigenvalue weighted by atomic mass is 9.78. The van der Waals surface area contributed by atoms with Crippen LogP contribution >= 0.6 is 0 Å². The summed E-state index contributed by atoms with van der Waals surface area (Å²) in [5.74, 6) is -0.784. The maximum Gasteiger partial charge on any atom is 0.497 e. The number of benzene rings is 1. The summed E-state index contributed by atoms with van der Waals surface area (Å²) in [4.78, 5) is 15.8. The van der Waals surface area contributed by atoms with E-state index in [2.05, 4.69) is 15.5 Å². The van der Waals surface area contributed by atoms with Crippen LogP contribution in [0.1, 0.15) is 43.6 Å². The van der Waals surface area contributed by atoms with E-state index in [0.29, 0.717) is 11.1 Å². The second kappa shape index (κ2) is 7.21. The second-order valence-electron chi connectivity index (χ2n) is 7.30. The summed E-state index contributed by atoms with van der Waals surface area (Å²) in [6.07, 6.45) is 4.48. The molecule has 1 aromatic heterocycles. The van der Waals surface area contributed by atoms with Crippen molar-refractivity contribution in [3.05, 3.63) is 59.7 Å². The Balaban J connectivity index is 1.73. The van der Waals surface area contributed by atoms with Gasteiger partial charge in [0, 0.05) is 23.4 Å². The molecule has 0 saturated carbocycles. The number of carbonyl (C=O) groups is 1. The first-order valence-corrected chi connectivity index (χ1v) is 8.58. The molecule has 0 bridgehead atoms. The monoisotopic (exact) mass is 369 g/mol. The van der Waals surface area contributed by atoms with Gasteiger partial charge in [-0.15, -0.1) is 0 Å². The quantitative estimate of drug-likeness (QED) is 0.510. The fourth-order valence-electron chi connectivity index (χ4n) is 2.53. The van der Waals surface area contributed by atoms with E-state index >= 15 is 0 Å². The lowest BCUT2D eigenvalue weighted by molar-refractivity contribution is 0.00578. The van der Waals surface area contributed by atoms with Crippen molar-refractivity contribution in [2.45, 2.75) is 38.9 Å². The van der Waals surface area contributed by atoms with Gasteiger partial charge in [-0.2, -0.15) is 5.10 Å². The van der Waals surface area contributed by atoms with E-state index in [4.69, 9.17) is 9.31 Å². The van der Waals surface area contributed by atoms with Crippen LogP contribution in [0, 0.1) is 5.82 Å². The molecular formula is C19H21BFN3O3. The van der Waals surface area contributed by atoms with E-state index in [1.165, 1.54) is 24.7 Å². The minimum Gasteiger partial charge on any atom is -0.399 e. The van der Waals surface area contributed by atoms with Crippen molar-refractivity contribution in [1.29, 1.82) is 0 Å². The molecule has 3 rings (SSSR count). The maximum atomic E-state index is 14.3. The number of halogens is 1. The third-order valence-electron chi connectivity index (χ3n) is 4.85. The van der Waals surface area contributed by atoms with Crippen LogP contribution in [0.4, 0.5) is 4.39 Å². The second-order valence-corrected chi connectivity index (χ2v) is 7.30. The summed E-state index contributed by atoms with van der Waals surface area (Å²) in [5.41, 5.74) is 2.64. The number of hydrogen-bond acceptors (Lipinski definition) is 5. The van der Waals surface area contributed by atoms with Gasteiger partial charge in [0.05, 0.1) is 17.4 Å². The molecule has 8 heteroatoms. The van der Waals surface area contributed by atoms with Gasteiger partial charge in [0.2, 0.25) is 0 Å². The summed E-state index contributed by atoms with van der Waals surface area (Å²) >= 11 is 0. The number of pyridine rings is 1. The summed E-state index contributed by atoms with van der Waals surface area (Å²) < 4.78 is 26.1. The number of aromatic nitrogens is 1. The van der Waals surface area contributed by atoms with Gasteiger partial charge in [0.25, 0.3) is 5.91 Å². The van der Waals surface area contributed by atoms with Crippen LogP contribution in [-0.2, 0) is 9.31 Å². The van der Waals surface area contributed by atoms with Crippen LogP contribution in [0.5, 0.6) is 0 Å². The van der Waals surface area contributed by atoms with Gasteiger partial charge in [0.1, 0.15) is 5.82 Å². The highest BCUT2D eigenvalue weighted by atomic mass is 19.1. The minimum atomic E-state index is -0.810. The van der Waals surface area contributed by atoms with E-state index in [1.807, 2.05) is 27.7 Å². The zero-order valence-corrected chi connectivity index (χ0v) is 15.7. The molecule has 1 aromatic carbocycles. The highest BCUT2D eigenvalue weighted by Gasteiger charge is 2.52. The first-order chi connectivity index (χ1) is 12.7. The molecule has 27 heavy (non-hydrogen) atoms. The predicted molar refractivity (Wildman–Crippen MR) is 101 cm³/mol. The molecule has 1 saturated heterocycles. The number of nitrogens with zero attached hydrogens (tertiary/aromatic N) is 2. The third-order valence-corrected chi connectivity index (χ3v) is 4.85. The van der Waals surface area contributed by atoms with Gasteiger partial charge in [-0.25, -0.2) is 9.82 Å². The van der Waals surface area contributed by atoms with Gasteiger partial charge >= 0.3 is 7.12 Å². The third kappa shape index (κ3) is 4.07. The lowest BCUT2D eigenvalue weighted by Gasteiger charge is -2.32. The maximum absolute atomic E-state index is 14.3. The summed E-state index contributed by atoms with van der Waals surface area (Å²) in [6, 6.07) is 7.65. The van der Waals surface area contributed by atoms with Crippen molar-refractivity contribution in [3.63, 3.8) is 0 Å². The number of nitrogens with one attached hydrogen (secondary N) is 1. The van der Waals surface area contributed by atoms with Gasteiger partial charge in [0.15, 0.2) is 0 Å². The fraction of sp³-hybridized carbons (Fsp3) is 0.316. The number of hydrazone groups is 1. The molecule has 1 aliphatic rings. The Morgan fingerprint density at radius 1 is 1.15 bits per heavy atom. The van der Waals surface area contributed by atoms with E-state index in [0.717, 1.165) is 0 Å². The molecule has 140 valence electrons. The summed E-state index contributed by atoms with van der Waals surface area (Å²) in [5, 5.41) is 3.92. The SMILES string of the molecule is CC1(C)OB(c2cc(/C=N/NC(=O)c3ccncc3)ccc2F)OC1(C)C. The number of rotatable bonds is 4. The normalized spacial score (nSPS) is 18.0. The molecule has 2 heterocycles. The highest BCUT2D eigenvalue weighted by Crippen LogP contribution is 2.36. The number of hydrogen-bond donors (Lipinski definition) is 1. The topological polar surface area (TPSA) is 72.8 Å². The Bertz CT molecular complexity index is 856. The van der Waals surface area contributed by atoms with Crippen LogP contribution in [0.25, 0.3) is 0 Å². The van der Waals surface area contributed by atoms with Gasteiger partial charge in [-0.05, 0) is 51.5 Å². The highest BCUT2D eigenvalue weighted by molar-refractivity contribution is 6.62. The van der Waals surface area contributed by atoms with Crippen LogP contribution in [0.2, 0.25) is 0 Å². The van der Waals surface area contributed by atoms with Crippen LogP contribution < -0.4 is 10.9 Å². The molecule has 1 fully saturated rings. The molecule has 1 N–H and O–H groups in total. The Morgan fingerprint density at radius 2 is 1.78 bits per heavy atom. The first-order valence-electron chi connectivity index (χ1n) is 8.58. The molecule has 0 aliphatic carbocycles. The van der Waals surface area contributed by atoms with Gasteiger partial charge < -0.3 is 9.31 Å². The van der Waals surface area contributed by atoms with Crippen molar-refractivity contribution in [3.8, 4) is 0 Å². The molecule has 6 nitrogen and oxygen atoms in total. The predicted octanol–water partition coefficient (Wildman–Crippen LogP) is 2.28. The Labute approximate surface area is 157 Å². The van der Waals surface area contributed by atoms with Crippen molar-refractivity contribution in [2.75, 3.05) is 0 Å². The van der Waals surface area contributed by atoms with E-state index < -0.39 is 24.1 Å². The smallest absolute Gasteiger partial charge is 0.399 e. The van der Waals surface area contributed by atoms with Crippen LogP contribution in [0.3, 0.4) is 0 Å². The Hall–Kier alpha value is -2.58. The molecule has 0 radical (unpaired) electrons. The lowest BCUT2D eigenvalue weighted by Crippen LogP contribution is -2.41. The summed E-state index contributed by atoms with van der Waals surface area (Å²) in [7, 11) is -0.810. The molecule has 0 unspecified atom stereocenters. The largest absolute Gasteiger partial charge is 0.497 e. The van der Waals surface area contributed by atoms with Crippen LogP contribution in [0.15, 0.2) is 47.8 Å². The average Bonchev–Trinajstić information content (AvgIpc) is 2.84. The van der Waals surface area contributed by atoms with Crippen LogP contribution in [-0.4, -0.2) is 35.4 Å². The standard InChI is InChI=1S/C19H21BFN3O3/c1-18(2)19(3,4)27-20(26-18)15-11-13(5-6-16(15)21)12-23-24-17(25)14-7-9-22-10-8-14/h5-12H,1-4H3,(H,24,25)/b23-12+. The number of amides is 1. The number of carbonyl (C=O) groups excluding carboxylic acids is 1. The molecule has 1 amide bonds. The zero-order valence-electron chi connectivity index (χ0n) is 15.7. The molecule has 0 atom stereocenters. The first kappa shape index (κ1) is 19.2. The van der Waals surface area contributed by atoms with Crippen molar-refractivity contribution < 1.29 is 18.5 Å². The van der Waals surface area contributed by atoms with Crippen molar-refractivity contribution in [1.82, 2.24) is 10.4 Å². The van der Waals surface area contributed by atoms with E-state index in [-0.39, 0.29) is 11.4 Å². The molecular weight excluding hydrogens is 348 g/mol.